The highest BCUT2D eigenvalue weighted by molar-refractivity contribution is 5.85. The first-order valence-electron chi connectivity index (χ1n) is 5.78. The molecule has 0 aromatic heterocycles. The normalized spacial score (nSPS) is 17.2. The van der Waals surface area contributed by atoms with Crippen LogP contribution < -0.4 is 5.32 Å². The zero-order chi connectivity index (χ0) is 13.1. The number of hydrogen-bond acceptors (Lipinski definition) is 2. The highest BCUT2D eigenvalue weighted by atomic mass is 35.5. The van der Waals surface area contributed by atoms with Crippen LogP contribution >= 0.6 is 24.8 Å². The van der Waals surface area contributed by atoms with E-state index in [0.29, 0.717) is 26.2 Å². The number of alkyl halides is 2. The molecule has 0 aliphatic carbocycles. The fraction of sp³-hybridized carbons (Fsp3) is 0.500. The second-order valence-electron chi connectivity index (χ2n) is 4.21. The molecule has 1 fully saturated rings. The minimum absolute atomic E-state index is 0. The van der Waals surface area contributed by atoms with Crippen molar-refractivity contribution in [2.75, 3.05) is 26.2 Å². The maximum atomic E-state index is 13.6. The first-order valence-corrected chi connectivity index (χ1v) is 5.78. The molecule has 1 aromatic carbocycles. The third-order valence-corrected chi connectivity index (χ3v) is 3.08. The molecule has 1 N–H and O–H groups in total. The molecule has 116 valence electrons. The lowest BCUT2D eigenvalue weighted by molar-refractivity contribution is 0.0161. The molecular formula is C12H16Cl2F4N2. The number of nitrogens with one attached hydrogen (secondary N) is 1. The Kier molecular flexibility index (Phi) is 8.42. The zero-order valence-electron chi connectivity index (χ0n) is 10.5. The van der Waals surface area contributed by atoms with Gasteiger partial charge in [-0.25, -0.2) is 17.6 Å². The summed E-state index contributed by atoms with van der Waals surface area (Å²) in [7, 11) is 0. The maximum absolute atomic E-state index is 13.6. The van der Waals surface area contributed by atoms with Gasteiger partial charge in [0.05, 0.1) is 6.04 Å². The quantitative estimate of drug-likeness (QED) is 0.855. The maximum Gasteiger partial charge on any atom is 0.258 e. The first kappa shape index (κ1) is 19.4. The lowest BCUT2D eigenvalue weighted by atomic mass is 10.0. The number of piperazine rings is 1. The summed E-state index contributed by atoms with van der Waals surface area (Å²) < 4.78 is 53.0. The number of nitrogens with zero attached hydrogens (tertiary/aromatic N) is 1. The Morgan fingerprint density at radius 3 is 2.20 bits per heavy atom. The Morgan fingerprint density at radius 1 is 1.05 bits per heavy atom. The zero-order valence-corrected chi connectivity index (χ0v) is 12.1. The predicted octanol–water partition coefficient (Wildman–Crippen LogP) is 3.02. The van der Waals surface area contributed by atoms with Crippen LogP contribution in [0.3, 0.4) is 0 Å². The summed E-state index contributed by atoms with van der Waals surface area (Å²) in [4.78, 5) is 1.49. The van der Waals surface area contributed by atoms with Crippen LogP contribution in [0.15, 0.2) is 18.2 Å². The van der Waals surface area contributed by atoms with E-state index in [-0.39, 0.29) is 30.4 Å². The number of benzene rings is 1. The Balaban J connectivity index is 0.00000180. The molecule has 0 bridgehead atoms. The molecule has 1 aliphatic heterocycles. The van der Waals surface area contributed by atoms with Crippen molar-refractivity contribution in [2.24, 2.45) is 0 Å². The molecule has 1 atom stereocenters. The molecule has 2 nitrogen and oxygen atoms in total. The van der Waals surface area contributed by atoms with E-state index < -0.39 is 24.1 Å². The smallest absolute Gasteiger partial charge is 0.258 e. The minimum atomic E-state index is -2.75. The summed E-state index contributed by atoms with van der Waals surface area (Å²) in [6.07, 6.45) is -2.75. The molecular weight excluding hydrogens is 319 g/mol. The summed E-state index contributed by atoms with van der Waals surface area (Å²) in [5.74, 6) is -2.27. The fourth-order valence-electron chi connectivity index (χ4n) is 2.20. The van der Waals surface area contributed by atoms with Crippen LogP contribution in [-0.2, 0) is 0 Å². The molecule has 0 unspecified atom stereocenters. The standard InChI is InChI=1S/C12H14F4N2.2ClH/c13-9-3-1-2-8(10(9)14)11(12(15)16)18-6-4-17-5-7-18;;/h1-3,11-12,17H,4-7H2;2*1H/t11-;;/m0../s1. The summed E-state index contributed by atoms with van der Waals surface area (Å²) in [6, 6.07) is 2.02. The van der Waals surface area contributed by atoms with Crippen LogP contribution in [0.5, 0.6) is 0 Å². The van der Waals surface area contributed by atoms with Gasteiger partial charge in [-0.15, -0.1) is 24.8 Å². The van der Waals surface area contributed by atoms with Crippen LogP contribution in [0.1, 0.15) is 11.6 Å². The predicted molar refractivity (Wildman–Crippen MR) is 74.0 cm³/mol. The van der Waals surface area contributed by atoms with Crippen molar-refractivity contribution in [1.29, 1.82) is 0 Å². The molecule has 1 saturated heterocycles. The summed E-state index contributed by atoms with van der Waals surface area (Å²) >= 11 is 0. The van der Waals surface area contributed by atoms with Crippen LogP contribution in [0.4, 0.5) is 17.6 Å². The minimum Gasteiger partial charge on any atom is -0.314 e. The van der Waals surface area contributed by atoms with Gasteiger partial charge in [0.1, 0.15) is 0 Å². The number of halogens is 6. The molecule has 0 spiro atoms. The molecule has 2 rings (SSSR count). The van der Waals surface area contributed by atoms with Crippen molar-refractivity contribution in [1.82, 2.24) is 10.2 Å². The largest absolute Gasteiger partial charge is 0.314 e. The van der Waals surface area contributed by atoms with Crippen LogP contribution in [0, 0.1) is 11.6 Å². The molecule has 0 saturated carbocycles. The van der Waals surface area contributed by atoms with E-state index in [2.05, 4.69) is 5.32 Å². The van der Waals surface area contributed by atoms with Gasteiger partial charge in [0.15, 0.2) is 11.6 Å². The van der Waals surface area contributed by atoms with Crippen molar-refractivity contribution in [2.45, 2.75) is 12.5 Å². The van der Waals surface area contributed by atoms with Gasteiger partial charge in [0.25, 0.3) is 6.43 Å². The van der Waals surface area contributed by atoms with Gasteiger partial charge in [-0.05, 0) is 6.07 Å². The van der Waals surface area contributed by atoms with Crippen molar-refractivity contribution >= 4 is 24.8 Å². The number of rotatable bonds is 3. The van der Waals surface area contributed by atoms with E-state index in [0.717, 1.165) is 6.07 Å². The van der Waals surface area contributed by atoms with Crippen molar-refractivity contribution in [3.05, 3.63) is 35.4 Å². The van der Waals surface area contributed by atoms with Gasteiger partial charge in [-0.1, -0.05) is 12.1 Å². The second-order valence-corrected chi connectivity index (χ2v) is 4.21. The molecule has 20 heavy (non-hydrogen) atoms. The third-order valence-electron chi connectivity index (χ3n) is 3.08. The average Bonchev–Trinajstić information content (AvgIpc) is 2.36. The van der Waals surface area contributed by atoms with Gasteiger partial charge in [-0.2, -0.15) is 0 Å². The van der Waals surface area contributed by atoms with Gasteiger partial charge in [0, 0.05) is 31.7 Å². The molecule has 1 aromatic rings. The lowest BCUT2D eigenvalue weighted by Gasteiger charge is -2.34. The Labute approximate surface area is 127 Å². The fourth-order valence-corrected chi connectivity index (χ4v) is 2.20. The lowest BCUT2D eigenvalue weighted by Crippen LogP contribution is -2.47. The number of hydrogen-bond donors (Lipinski definition) is 1. The molecule has 1 heterocycles. The summed E-state index contributed by atoms with van der Waals surface area (Å²) in [5.41, 5.74) is -0.271. The van der Waals surface area contributed by atoms with Crippen molar-refractivity contribution in [3.63, 3.8) is 0 Å². The topological polar surface area (TPSA) is 15.3 Å². The first-order chi connectivity index (χ1) is 8.61. The molecule has 0 radical (unpaired) electrons. The van der Waals surface area contributed by atoms with E-state index in [1.165, 1.54) is 17.0 Å². The average molecular weight is 335 g/mol. The monoisotopic (exact) mass is 334 g/mol. The van der Waals surface area contributed by atoms with Gasteiger partial charge in [0.2, 0.25) is 0 Å². The van der Waals surface area contributed by atoms with Gasteiger partial charge < -0.3 is 5.32 Å². The molecule has 0 amide bonds. The molecule has 1 aliphatic rings. The SMILES string of the molecule is Cl.Cl.Fc1cccc([C@@H](C(F)F)N2CCNCC2)c1F. The van der Waals surface area contributed by atoms with E-state index in [9.17, 15) is 17.6 Å². The van der Waals surface area contributed by atoms with E-state index >= 15 is 0 Å². The van der Waals surface area contributed by atoms with E-state index in [4.69, 9.17) is 0 Å². The Bertz CT molecular complexity index is 414. The Morgan fingerprint density at radius 2 is 1.65 bits per heavy atom. The van der Waals surface area contributed by atoms with E-state index in [1.54, 1.807) is 0 Å². The van der Waals surface area contributed by atoms with Gasteiger partial charge >= 0.3 is 0 Å². The van der Waals surface area contributed by atoms with Crippen molar-refractivity contribution in [3.8, 4) is 0 Å². The van der Waals surface area contributed by atoms with Gasteiger partial charge in [-0.3, -0.25) is 4.90 Å². The summed E-state index contributed by atoms with van der Waals surface area (Å²) in [6.45, 7) is 1.93. The molecule has 8 heteroatoms. The Hall–Kier alpha value is -0.560. The highest BCUT2D eigenvalue weighted by Gasteiger charge is 2.32. The van der Waals surface area contributed by atoms with Crippen LogP contribution in [0.25, 0.3) is 0 Å². The van der Waals surface area contributed by atoms with Crippen molar-refractivity contribution < 1.29 is 17.6 Å². The summed E-state index contributed by atoms with van der Waals surface area (Å²) in [5, 5.41) is 3.03. The van der Waals surface area contributed by atoms with Crippen LogP contribution in [-0.4, -0.2) is 37.5 Å². The third kappa shape index (κ3) is 4.22. The van der Waals surface area contributed by atoms with E-state index in [1.807, 2.05) is 0 Å². The van der Waals surface area contributed by atoms with Crippen LogP contribution in [0.2, 0.25) is 0 Å². The second kappa shape index (κ2) is 8.67. The highest BCUT2D eigenvalue weighted by Crippen LogP contribution is 2.30.